The number of benzene rings is 1. The molecule has 3 aliphatic heterocycles. The summed E-state index contributed by atoms with van der Waals surface area (Å²) in [6.07, 6.45) is 2.21. The number of likely N-dealkylation sites (tertiary alicyclic amines) is 1. The predicted molar refractivity (Wildman–Crippen MR) is 114 cm³/mol. The van der Waals surface area contributed by atoms with Crippen molar-refractivity contribution in [3.8, 4) is 5.69 Å². The molecule has 31 heavy (non-hydrogen) atoms. The fraction of sp³-hybridized carbons (Fsp3) is 0.571. The second-order valence-electron chi connectivity index (χ2n) is 8.69. The molecule has 10 heteroatoms. The summed E-state index contributed by atoms with van der Waals surface area (Å²) in [7, 11) is 0. The van der Waals surface area contributed by atoms with Gasteiger partial charge in [-0.25, -0.2) is 0 Å². The molecule has 2 fully saturated rings. The number of aromatic nitrogens is 4. The first kappa shape index (κ1) is 20.1. The van der Waals surface area contributed by atoms with E-state index in [1.165, 1.54) is 0 Å². The lowest BCUT2D eigenvalue weighted by molar-refractivity contribution is -0.132. The van der Waals surface area contributed by atoms with Crippen LogP contribution in [0.25, 0.3) is 5.69 Å². The van der Waals surface area contributed by atoms with Gasteiger partial charge in [0.2, 0.25) is 11.8 Å². The van der Waals surface area contributed by atoms with Gasteiger partial charge >= 0.3 is 0 Å². The largest absolute Gasteiger partial charge is 0.342 e. The summed E-state index contributed by atoms with van der Waals surface area (Å²) in [6, 6.07) is 3.41. The molecule has 2 aromatic rings. The summed E-state index contributed by atoms with van der Waals surface area (Å²) < 4.78 is 1.67. The highest BCUT2D eigenvalue weighted by atomic mass is 16.2. The molecule has 1 N–H and O–H groups in total. The molecule has 0 saturated carbocycles. The number of fused-ring (bicyclic) bond motifs is 3. The van der Waals surface area contributed by atoms with E-state index in [0.29, 0.717) is 25.5 Å². The highest BCUT2D eigenvalue weighted by Gasteiger charge is 2.38. The second-order valence-corrected chi connectivity index (χ2v) is 8.69. The molecule has 0 radical (unpaired) electrons. The van der Waals surface area contributed by atoms with Crippen LogP contribution in [0.3, 0.4) is 0 Å². The first-order valence-corrected chi connectivity index (χ1v) is 11.0. The number of carbonyl (C=O) groups is 2. The molecular formula is C21H28N8O2. The summed E-state index contributed by atoms with van der Waals surface area (Å²) in [5.74, 6) is 0.615. The molecule has 4 heterocycles. The number of hydrogen-bond donors (Lipinski definition) is 1. The van der Waals surface area contributed by atoms with Gasteiger partial charge in [-0.3, -0.25) is 19.4 Å². The molecule has 1 atom stereocenters. The number of tetrazole rings is 1. The van der Waals surface area contributed by atoms with Crippen molar-refractivity contribution in [2.45, 2.75) is 32.7 Å². The van der Waals surface area contributed by atoms with E-state index >= 15 is 0 Å². The minimum atomic E-state index is -0.570. The fourth-order valence-electron chi connectivity index (χ4n) is 4.70. The van der Waals surface area contributed by atoms with E-state index in [4.69, 9.17) is 0 Å². The highest BCUT2D eigenvalue weighted by molar-refractivity contribution is 5.98. The van der Waals surface area contributed by atoms with Crippen molar-refractivity contribution in [3.63, 3.8) is 0 Å². The molecule has 2 saturated heterocycles. The topological polar surface area (TPSA) is 99.5 Å². The smallest absolute Gasteiger partial charge is 0.249 e. The van der Waals surface area contributed by atoms with E-state index in [2.05, 4.69) is 30.6 Å². The van der Waals surface area contributed by atoms with Gasteiger partial charge in [0.05, 0.1) is 17.9 Å². The van der Waals surface area contributed by atoms with Crippen LogP contribution in [0.2, 0.25) is 0 Å². The number of nitrogens with zero attached hydrogens (tertiary/aromatic N) is 7. The normalized spacial score (nSPS) is 22.1. The number of rotatable bonds is 3. The fourth-order valence-corrected chi connectivity index (χ4v) is 4.70. The molecule has 164 valence electrons. The summed E-state index contributed by atoms with van der Waals surface area (Å²) in [5, 5.41) is 15.3. The van der Waals surface area contributed by atoms with E-state index < -0.39 is 6.04 Å². The molecule has 2 amide bonds. The van der Waals surface area contributed by atoms with Gasteiger partial charge < -0.3 is 10.2 Å². The first-order valence-electron chi connectivity index (χ1n) is 11.0. The number of anilines is 1. The van der Waals surface area contributed by atoms with Crippen LogP contribution in [0, 0.1) is 13.8 Å². The summed E-state index contributed by atoms with van der Waals surface area (Å²) in [4.78, 5) is 32.0. The monoisotopic (exact) mass is 424 g/mol. The van der Waals surface area contributed by atoms with Crippen LogP contribution < -0.4 is 5.32 Å². The standard InChI is InChI=1S/C21H28N8O2/c1-14-11-16-17(12-15(14)2)29-20(23-24-25-29)19(21(31)22-16)28-9-7-26(8-10-28)13-18(30)27-5-3-4-6-27/h11-12,19H,3-10,13H2,1-2H3,(H,22,31). The van der Waals surface area contributed by atoms with E-state index in [9.17, 15) is 9.59 Å². The molecular weight excluding hydrogens is 396 g/mol. The molecule has 0 spiro atoms. The Labute approximate surface area is 181 Å². The van der Waals surface area contributed by atoms with Crippen LogP contribution in [-0.2, 0) is 9.59 Å². The molecule has 0 bridgehead atoms. The number of nitrogens with one attached hydrogen (secondary N) is 1. The lowest BCUT2D eigenvalue weighted by Gasteiger charge is -2.37. The van der Waals surface area contributed by atoms with Crippen LogP contribution in [0.4, 0.5) is 5.69 Å². The van der Waals surface area contributed by atoms with Crippen molar-refractivity contribution in [3.05, 3.63) is 29.1 Å². The Morgan fingerprint density at radius 1 is 1.06 bits per heavy atom. The van der Waals surface area contributed by atoms with Crippen LogP contribution in [0.15, 0.2) is 12.1 Å². The molecule has 10 nitrogen and oxygen atoms in total. The first-order chi connectivity index (χ1) is 15.0. The maximum absolute atomic E-state index is 13.2. The van der Waals surface area contributed by atoms with Gasteiger partial charge in [-0.15, -0.1) is 5.10 Å². The van der Waals surface area contributed by atoms with E-state index in [0.717, 1.165) is 61.5 Å². The van der Waals surface area contributed by atoms with E-state index in [1.807, 2.05) is 30.9 Å². The van der Waals surface area contributed by atoms with Crippen molar-refractivity contribution in [2.24, 2.45) is 0 Å². The lowest BCUT2D eigenvalue weighted by atomic mass is 10.1. The number of aryl methyl sites for hydroxylation is 2. The molecule has 0 aliphatic carbocycles. The van der Waals surface area contributed by atoms with Crippen LogP contribution in [0.5, 0.6) is 0 Å². The number of amides is 2. The Hall–Kier alpha value is -2.85. The third-order valence-corrected chi connectivity index (χ3v) is 6.67. The summed E-state index contributed by atoms with van der Waals surface area (Å²) >= 11 is 0. The third-order valence-electron chi connectivity index (χ3n) is 6.67. The van der Waals surface area contributed by atoms with E-state index in [-0.39, 0.29) is 11.8 Å². The van der Waals surface area contributed by atoms with Crippen molar-refractivity contribution in [1.82, 2.24) is 34.9 Å². The number of carbonyl (C=O) groups excluding carboxylic acids is 2. The van der Waals surface area contributed by atoms with Crippen LogP contribution in [-0.4, -0.2) is 92.5 Å². The third kappa shape index (κ3) is 3.70. The minimum absolute atomic E-state index is 0.125. The minimum Gasteiger partial charge on any atom is -0.342 e. The van der Waals surface area contributed by atoms with Crippen LogP contribution in [0.1, 0.15) is 35.8 Å². The number of hydrogen-bond acceptors (Lipinski definition) is 7. The quantitative estimate of drug-likeness (QED) is 0.766. The molecule has 1 aromatic carbocycles. The summed E-state index contributed by atoms with van der Waals surface area (Å²) in [6.45, 7) is 9.07. The molecule has 5 rings (SSSR count). The van der Waals surface area contributed by atoms with Gasteiger partial charge in [0.25, 0.3) is 0 Å². The SMILES string of the molecule is Cc1cc2c(cc1C)-n1nnnc1C(N1CCN(CC(=O)N3CCCC3)CC1)C(=O)N2. The van der Waals surface area contributed by atoms with Gasteiger partial charge in [-0.05, 0) is 60.4 Å². The molecule has 3 aliphatic rings. The van der Waals surface area contributed by atoms with Crippen molar-refractivity contribution in [2.75, 3.05) is 51.1 Å². The zero-order valence-electron chi connectivity index (χ0n) is 18.0. The van der Waals surface area contributed by atoms with Gasteiger partial charge in [-0.1, -0.05) is 0 Å². The molecule has 1 aromatic heterocycles. The lowest BCUT2D eigenvalue weighted by Crippen LogP contribution is -2.52. The molecule has 1 unspecified atom stereocenters. The van der Waals surface area contributed by atoms with Gasteiger partial charge in [0.15, 0.2) is 11.9 Å². The summed E-state index contributed by atoms with van der Waals surface area (Å²) in [5.41, 5.74) is 3.72. The van der Waals surface area contributed by atoms with Gasteiger partial charge in [0, 0.05) is 39.3 Å². The highest BCUT2D eigenvalue weighted by Crippen LogP contribution is 2.32. The van der Waals surface area contributed by atoms with Crippen molar-refractivity contribution in [1.29, 1.82) is 0 Å². The van der Waals surface area contributed by atoms with Gasteiger partial charge in [0.1, 0.15) is 0 Å². The van der Waals surface area contributed by atoms with Crippen molar-refractivity contribution < 1.29 is 9.59 Å². The average Bonchev–Trinajstić information content (AvgIpc) is 3.43. The Balaban J connectivity index is 1.33. The van der Waals surface area contributed by atoms with Crippen molar-refractivity contribution >= 4 is 17.5 Å². The zero-order valence-corrected chi connectivity index (χ0v) is 18.0. The maximum Gasteiger partial charge on any atom is 0.249 e. The zero-order chi connectivity index (χ0) is 21.5. The second kappa shape index (κ2) is 8.01. The van der Waals surface area contributed by atoms with E-state index in [1.54, 1.807) is 4.68 Å². The van der Waals surface area contributed by atoms with Crippen LogP contribution >= 0.6 is 0 Å². The Morgan fingerprint density at radius 3 is 2.52 bits per heavy atom. The Kier molecular flexibility index (Phi) is 5.19. The van der Waals surface area contributed by atoms with Gasteiger partial charge in [-0.2, -0.15) is 4.68 Å². The maximum atomic E-state index is 13.2. The Morgan fingerprint density at radius 2 is 1.77 bits per heavy atom. The Bertz CT molecular complexity index is 1000. The predicted octanol–water partition coefficient (Wildman–Crippen LogP) is 0.512. The number of piperazine rings is 1. The average molecular weight is 425 g/mol.